The Balaban J connectivity index is 1.59. The molecule has 1 aliphatic heterocycles. The second-order valence-corrected chi connectivity index (χ2v) is 8.10. The lowest BCUT2D eigenvalue weighted by atomic mass is 9.88. The Morgan fingerprint density at radius 2 is 1.21 bits per heavy atom. The largest absolute Gasteiger partial charge is 0.367 e. The van der Waals surface area contributed by atoms with Crippen LogP contribution in [0.25, 0.3) is 0 Å². The summed E-state index contributed by atoms with van der Waals surface area (Å²) in [6.45, 7) is 2.62. The summed E-state index contributed by atoms with van der Waals surface area (Å²) >= 11 is 13.5. The lowest BCUT2D eigenvalue weighted by Gasteiger charge is -2.40. The standard InChI is InChI=1S/C24H22Cl2N2O/c25-21-13-7-8-14-22(21)27-15-17-28(18-16-27)23(29)24(26,19-9-3-1-4-10-19)20-11-5-2-6-12-20/h1-14H,15-18H2. The predicted molar refractivity (Wildman–Crippen MR) is 120 cm³/mol. The van der Waals surface area contributed by atoms with E-state index >= 15 is 0 Å². The average molecular weight is 425 g/mol. The minimum atomic E-state index is -1.24. The van der Waals surface area contributed by atoms with Crippen LogP contribution in [-0.4, -0.2) is 37.0 Å². The van der Waals surface area contributed by atoms with Crippen molar-refractivity contribution >= 4 is 34.8 Å². The zero-order valence-corrected chi connectivity index (χ0v) is 17.5. The molecule has 0 spiro atoms. The number of alkyl halides is 1. The van der Waals surface area contributed by atoms with Gasteiger partial charge in [-0.1, -0.05) is 96.0 Å². The Labute approximate surface area is 181 Å². The highest BCUT2D eigenvalue weighted by Gasteiger charge is 2.43. The Kier molecular flexibility index (Phi) is 5.79. The molecular weight excluding hydrogens is 403 g/mol. The molecule has 1 heterocycles. The van der Waals surface area contributed by atoms with E-state index in [-0.39, 0.29) is 5.91 Å². The second kappa shape index (κ2) is 8.48. The summed E-state index contributed by atoms with van der Waals surface area (Å²) in [4.78, 5) is 16.5. The number of hydrogen-bond acceptors (Lipinski definition) is 2. The van der Waals surface area contributed by atoms with Gasteiger partial charge < -0.3 is 9.80 Å². The summed E-state index contributed by atoms with van der Waals surface area (Å²) in [5, 5.41) is 0.729. The molecule has 0 bridgehead atoms. The highest BCUT2D eigenvalue weighted by atomic mass is 35.5. The maximum atomic E-state index is 13.7. The number of para-hydroxylation sites is 1. The van der Waals surface area contributed by atoms with Crippen molar-refractivity contribution in [2.24, 2.45) is 0 Å². The summed E-state index contributed by atoms with van der Waals surface area (Å²) in [6, 6.07) is 27.0. The van der Waals surface area contributed by atoms with Crippen molar-refractivity contribution in [1.82, 2.24) is 4.90 Å². The van der Waals surface area contributed by atoms with Gasteiger partial charge >= 0.3 is 0 Å². The second-order valence-electron chi connectivity index (χ2n) is 7.12. The molecule has 5 heteroatoms. The fourth-order valence-electron chi connectivity index (χ4n) is 3.83. The summed E-state index contributed by atoms with van der Waals surface area (Å²) < 4.78 is 0. The van der Waals surface area contributed by atoms with Gasteiger partial charge in [0.25, 0.3) is 5.91 Å². The van der Waals surface area contributed by atoms with Crippen LogP contribution in [0.15, 0.2) is 84.9 Å². The van der Waals surface area contributed by atoms with Crippen molar-refractivity contribution in [3.63, 3.8) is 0 Å². The lowest BCUT2D eigenvalue weighted by molar-refractivity contribution is -0.133. The number of anilines is 1. The Morgan fingerprint density at radius 3 is 1.72 bits per heavy atom. The molecule has 3 aromatic rings. The van der Waals surface area contributed by atoms with Crippen LogP contribution >= 0.6 is 23.2 Å². The van der Waals surface area contributed by atoms with Crippen LogP contribution in [-0.2, 0) is 9.67 Å². The van der Waals surface area contributed by atoms with Crippen LogP contribution in [0.2, 0.25) is 5.02 Å². The Hall–Kier alpha value is -2.49. The zero-order valence-electron chi connectivity index (χ0n) is 16.0. The fraction of sp³-hybridized carbons (Fsp3) is 0.208. The molecule has 0 aliphatic carbocycles. The van der Waals surface area contributed by atoms with Crippen molar-refractivity contribution in [3.05, 3.63) is 101 Å². The Morgan fingerprint density at radius 1 is 0.724 bits per heavy atom. The van der Waals surface area contributed by atoms with E-state index in [4.69, 9.17) is 23.2 Å². The predicted octanol–water partition coefficient (Wildman–Crippen LogP) is 5.17. The minimum Gasteiger partial charge on any atom is -0.367 e. The van der Waals surface area contributed by atoms with Crippen molar-refractivity contribution < 1.29 is 4.79 Å². The number of hydrogen-bond donors (Lipinski definition) is 0. The first kappa shape index (κ1) is 19.8. The topological polar surface area (TPSA) is 23.6 Å². The molecule has 1 aliphatic rings. The normalized spacial score (nSPS) is 14.7. The number of amides is 1. The van der Waals surface area contributed by atoms with E-state index < -0.39 is 4.87 Å². The molecule has 3 aromatic carbocycles. The van der Waals surface area contributed by atoms with Crippen molar-refractivity contribution in [2.75, 3.05) is 31.1 Å². The first-order valence-electron chi connectivity index (χ1n) is 9.69. The molecule has 0 N–H and O–H groups in total. The van der Waals surface area contributed by atoms with Crippen molar-refractivity contribution in [1.29, 1.82) is 0 Å². The van der Waals surface area contributed by atoms with Gasteiger partial charge in [-0.2, -0.15) is 0 Å². The van der Waals surface area contributed by atoms with E-state index in [1.165, 1.54) is 0 Å². The van der Waals surface area contributed by atoms with Gasteiger partial charge in [0.15, 0.2) is 4.87 Å². The molecule has 29 heavy (non-hydrogen) atoms. The lowest BCUT2D eigenvalue weighted by Crippen LogP contribution is -2.53. The van der Waals surface area contributed by atoms with E-state index in [2.05, 4.69) is 4.90 Å². The third kappa shape index (κ3) is 3.85. The third-order valence-corrected chi connectivity index (χ3v) is 6.32. The first-order chi connectivity index (χ1) is 14.1. The van der Waals surface area contributed by atoms with Crippen molar-refractivity contribution in [3.8, 4) is 0 Å². The van der Waals surface area contributed by atoms with Gasteiger partial charge in [0.1, 0.15) is 0 Å². The van der Waals surface area contributed by atoms with Crippen molar-refractivity contribution in [2.45, 2.75) is 4.87 Å². The third-order valence-electron chi connectivity index (χ3n) is 5.40. The molecule has 0 atom stereocenters. The molecule has 0 aromatic heterocycles. The molecule has 4 rings (SSSR count). The quantitative estimate of drug-likeness (QED) is 0.539. The number of rotatable bonds is 4. The molecule has 3 nitrogen and oxygen atoms in total. The molecule has 1 fully saturated rings. The van der Waals surface area contributed by atoms with E-state index in [0.29, 0.717) is 26.2 Å². The first-order valence-corrected chi connectivity index (χ1v) is 10.4. The number of piperazine rings is 1. The van der Waals surface area contributed by atoms with Gasteiger partial charge in [-0.25, -0.2) is 0 Å². The SMILES string of the molecule is O=C(N1CCN(c2ccccc2Cl)CC1)C(Cl)(c1ccccc1)c1ccccc1. The summed E-state index contributed by atoms with van der Waals surface area (Å²) in [7, 11) is 0. The van der Waals surface area contributed by atoms with Gasteiger partial charge in [-0.05, 0) is 23.3 Å². The average Bonchev–Trinajstić information content (AvgIpc) is 2.80. The molecule has 0 unspecified atom stereocenters. The molecule has 0 saturated carbocycles. The molecule has 148 valence electrons. The van der Waals surface area contributed by atoms with E-state index in [9.17, 15) is 4.79 Å². The molecule has 0 radical (unpaired) electrons. The number of nitrogens with zero attached hydrogens (tertiary/aromatic N) is 2. The van der Waals surface area contributed by atoms with Crippen LogP contribution in [0.1, 0.15) is 11.1 Å². The van der Waals surface area contributed by atoms with E-state index in [1.807, 2.05) is 89.8 Å². The summed E-state index contributed by atoms with van der Waals surface area (Å²) in [5.41, 5.74) is 2.57. The molecule has 1 saturated heterocycles. The van der Waals surface area contributed by atoms with Gasteiger partial charge in [0.2, 0.25) is 0 Å². The van der Waals surface area contributed by atoms with Crippen LogP contribution in [0.4, 0.5) is 5.69 Å². The highest BCUT2D eigenvalue weighted by molar-refractivity contribution is 6.37. The maximum absolute atomic E-state index is 13.7. The number of carbonyl (C=O) groups is 1. The van der Waals surface area contributed by atoms with Crippen LogP contribution in [0, 0.1) is 0 Å². The fourth-order valence-corrected chi connectivity index (χ4v) is 4.45. The summed E-state index contributed by atoms with van der Waals surface area (Å²) in [6.07, 6.45) is 0. The maximum Gasteiger partial charge on any atom is 0.253 e. The summed E-state index contributed by atoms with van der Waals surface area (Å²) in [5.74, 6) is -0.0876. The number of halogens is 2. The zero-order chi connectivity index (χ0) is 20.3. The highest BCUT2D eigenvalue weighted by Crippen LogP contribution is 2.39. The van der Waals surface area contributed by atoms with E-state index in [0.717, 1.165) is 21.8 Å². The van der Waals surface area contributed by atoms with Gasteiger partial charge in [-0.15, -0.1) is 0 Å². The van der Waals surface area contributed by atoms with Gasteiger partial charge in [0.05, 0.1) is 10.7 Å². The van der Waals surface area contributed by atoms with E-state index in [1.54, 1.807) is 0 Å². The number of benzene rings is 3. The smallest absolute Gasteiger partial charge is 0.253 e. The minimum absolute atomic E-state index is 0.0876. The van der Waals surface area contributed by atoms with Crippen LogP contribution < -0.4 is 4.90 Å². The Bertz CT molecular complexity index is 931. The number of carbonyl (C=O) groups excluding carboxylic acids is 1. The van der Waals surface area contributed by atoms with Crippen LogP contribution in [0.5, 0.6) is 0 Å². The van der Waals surface area contributed by atoms with Crippen LogP contribution in [0.3, 0.4) is 0 Å². The van der Waals surface area contributed by atoms with Gasteiger partial charge in [-0.3, -0.25) is 4.79 Å². The molecule has 1 amide bonds. The van der Waals surface area contributed by atoms with Gasteiger partial charge in [0, 0.05) is 26.2 Å². The monoisotopic (exact) mass is 424 g/mol. The molecular formula is C24H22Cl2N2O.